The molecule has 3 unspecified atom stereocenters. The van der Waals surface area contributed by atoms with E-state index in [1.165, 1.54) is 16.7 Å². The molecule has 2 N–H and O–H groups in total. The first-order valence-corrected chi connectivity index (χ1v) is 10.3. The maximum Gasteiger partial charge on any atom is 0.229 e. The number of rotatable bonds is 4. The normalized spacial score (nSPS) is 27.9. The van der Waals surface area contributed by atoms with Crippen molar-refractivity contribution in [2.24, 2.45) is 17.1 Å². The topological polar surface area (TPSA) is 46.3 Å². The highest BCUT2D eigenvalue weighted by Gasteiger charge is 2.58. The van der Waals surface area contributed by atoms with Gasteiger partial charge in [0.2, 0.25) is 5.91 Å². The van der Waals surface area contributed by atoms with E-state index < -0.39 is 0 Å². The Morgan fingerprint density at radius 1 is 1.07 bits per heavy atom. The molecule has 2 aliphatic rings. The molecule has 2 aromatic carbocycles. The highest BCUT2D eigenvalue weighted by Crippen LogP contribution is 2.56. The molecule has 1 saturated carbocycles. The molecule has 1 aliphatic carbocycles. The van der Waals surface area contributed by atoms with Crippen molar-refractivity contribution in [2.45, 2.75) is 45.1 Å². The van der Waals surface area contributed by atoms with Gasteiger partial charge in [-0.3, -0.25) is 4.79 Å². The third-order valence-electron chi connectivity index (χ3n) is 6.55. The molecule has 3 atom stereocenters. The van der Waals surface area contributed by atoms with E-state index in [1.807, 2.05) is 6.07 Å². The molecule has 1 saturated heterocycles. The zero-order chi connectivity index (χ0) is 18.9. The fourth-order valence-corrected chi connectivity index (χ4v) is 4.66. The van der Waals surface area contributed by atoms with E-state index >= 15 is 0 Å². The van der Waals surface area contributed by atoms with Crippen molar-refractivity contribution in [2.75, 3.05) is 13.1 Å². The molecule has 2 aromatic rings. The molecule has 3 nitrogen and oxygen atoms in total. The van der Waals surface area contributed by atoms with Gasteiger partial charge in [-0.25, -0.2) is 0 Å². The zero-order valence-corrected chi connectivity index (χ0v) is 16.2. The second-order valence-electron chi connectivity index (χ2n) is 8.44. The Morgan fingerprint density at radius 2 is 1.78 bits per heavy atom. The Labute approximate surface area is 162 Å². The van der Waals surface area contributed by atoms with Gasteiger partial charge in [0.25, 0.3) is 0 Å². The summed E-state index contributed by atoms with van der Waals surface area (Å²) >= 11 is 0. The van der Waals surface area contributed by atoms with Crippen LogP contribution < -0.4 is 5.73 Å². The Kier molecular flexibility index (Phi) is 5.05. The minimum absolute atomic E-state index is 0.223. The Hall–Kier alpha value is -2.13. The summed E-state index contributed by atoms with van der Waals surface area (Å²) in [5, 5.41) is 0. The lowest BCUT2D eigenvalue weighted by molar-refractivity contribution is -0.137. The average molecular weight is 363 g/mol. The molecule has 0 bridgehead atoms. The lowest BCUT2D eigenvalue weighted by atomic mass is 9.88. The fourth-order valence-electron chi connectivity index (χ4n) is 4.66. The number of benzene rings is 2. The van der Waals surface area contributed by atoms with Crippen molar-refractivity contribution < 1.29 is 4.79 Å². The SMILES string of the molecule is CC1CC1(Cc1ccccc1-c1ccccc1)C(=O)N1CCCC(N)CC1. The van der Waals surface area contributed by atoms with Crippen LogP contribution in [-0.4, -0.2) is 29.9 Å². The first kappa shape index (κ1) is 18.2. The molecule has 1 heterocycles. The largest absolute Gasteiger partial charge is 0.342 e. The number of carbonyl (C=O) groups is 1. The summed E-state index contributed by atoms with van der Waals surface area (Å²) in [6, 6.07) is 19.3. The van der Waals surface area contributed by atoms with Crippen LogP contribution in [0.15, 0.2) is 54.6 Å². The van der Waals surface area contributed by atoms with Gasteiger partial charge in [-0.15, -0.1) is 0 Å². The predicted molar refractivity (Wildman–Crippen MR) is 110 cm³/mol. The van der Waals surface area contributed by atoms with Gasteiger partial charge in [-0.05, 0) is 54.7 Å². The van der Waals surface area contributed by atoms with Gasteiger partial charge in [0.1, 0.15) is 0 Å². The molecule has 1 amide bonds. The molecular formula is C24H30N2O. The standard InChI is InChI=1S/C24H30N2O/c1-18-16-24(18,23(27)26-14-7-11-21(25)13-15-26)17-20-10-5-6-12-22(20)19-8-3-2-4-9-19/h2-6,8-10,12,18,21H,7,11,13-17,25H2,1H3. The summed E-state index contributed by atoms with van der Waals surface area (Å²) in [5.74, 6) is 0.803. The van der Waals surface area contributed by atoms with Crippen LogP contribution in [0.25, 0.3) is 11.1 Å². The smallest absolute Gasteiger partial charge is 0.229 e. The van der Waals surface area contributed by atoms with Crippen molar-refractivity contribution in [3.8, 4) is 11.1 Å². The third-order valence-corrected chi connectivity index (χ3v) is 6.55. The Balaban J connectivity index is 1.59. The van der Waals surface area contributed by atoms with E-state index in [2.05, 4.69) is 60.4 Å². The van der Waals surface area contributed by atoms with E-state index in [-0.39, 0.29) is 11.5 Å². The van der Waals surface area contributed by atoms with Crippen LogP contribution in [0.5, 0.6) is 0 Å². The minimum Gasteiger partial charge on any atom is -0.342 e. The first-order valence-electron chi connectivity index (χ1n) is 10.3. The molecule has 2 fully saturated rings. The molecule has 0 spiro atoms. The van der Waals surface area contributed by atoms with Crippen LogP contribution in [-0.2, 0) is 11.2 Å². The summed E-state index contributed by atoms with van der Waals surface area (Å²) in [6.45, 7) is 3.91. The second kappa shape index (κ2) is 7.47. The van der Waals surface area contributed by atoms with Crippen molar-refractivity contribution >= 4 is 5.91 Å². The maximum absolute atomic E-state index is 13.5. The lowest BCUT2D eigenvalue weighted by Gasteiger charge is -2.27. The van der Waals surface area contributed by atoms with Gasteiger partial charge in [0.15, 0.2) is 0 Å². The van der Waals surface area contributed by atoms with Crippen molar-refractivity contribution in [1.82, 2.24) is 4.90 Å². The van der Waals surface area contributed by atoms with Crippen LogP contribution >= 0.6 is 0 Å². The van der Waals surface area contributed by atoms with E-state index in [1.54, 1.807) is 0 Å². The second-order valence-corrected chi connectivity index (χ2v) is 8.44. The molecule has 1 aliphatic heterocycles. The van der Waals surface area contributed by atoms with Gasteiger partial charge in [0.05, 0.1) is 5.41 Å². The van der Waals surface area contributed by atoms with Gasteiger partial charge >= 0.3 is 0 Å². The Morgan fingerprint density at radius 3 is 2.52 bits per heavy atom. The fraction of sp³-hybridized carbons (Fsp3) is 0.458. The number of nitrogens with two attached hydrogens (primary N) is 1. The van der Waals surface area contributed by atoms with Crippen molar-refractivity contribution in [3.05, 3.63) is 60.2 Å². The summed E-state index contributed by atoms with van der Waals surface area (Å²) in [4.78, 5) is 15.6. The number of likely N-dealkylation sites (tertiary alicyclic amines) is 1. The summed E-state index contributed by atoms with van der Waals surface area (Å²) < 4.78 is 0. The lowest BCUT2D eigenvalue weighted by Crippen LogP contribution is -2.40. The third kappa shape index (κ3) is 3.66. The molecule has 4 rings (SSSR count). The highest BCUT2D eigenvalue weighted by atomic mass is 16.2. The summed E-state index contributed by atoms with van der Waals surface area (Å²) in [5.41, 5.74) is 9.66. The highest BCUT2D eigenvalue weighted by molar-refractivity contribution is 5.87. The van der Waals surface area contributed by atoms with Crippen LogP contribution in [0.3, 0.4) is 0 Å². The van der Waals surface area contributed by atoms with Gasteiger partial charge < -0.3 is 10.6 Å². The van der Waals surface area contributed by atoms with E-state index in [0.717, 1.165) is 45.2 Å². The zero-order valence-electron chi connectivity index (χ0n) is 16.2. The van der Waals surface area contributed by atoms with E-state index in [0.29, 0.717) is 11.8 Å². The minimum atomic E-state index is -0.223. The van der Waals surface area contributed by atoms with E-state index in [4.69, 9.17) is 5.73 Å². The number of nitrogens with zero attached hydrogens (tertiary/aromatic N) is 1. The van der Waals surface area contributed by atoms with Gasteiger partial charge in [-0.1, -0.05) is 61.5 Å². The molecular weight excluding hydrogens is 332 g/mol. The van der Waals surface area contributed by atoms with Crippen LogP contribution in [0, 0.1) is 11.3 Å². The Bertz CT molecular complexity index is 803. The van der Waals surface area contributed by atoms with Gasteiger partial charge in [0, 0.05) is 19.1 Å². The number of amides is 1. The van der Waals surface area contributed by atoms with Crippen LogP contribution in [0.4, 0.5) is 0 Å². The summed E-state index contributed by atoms with van der Waals surface area (Å²) in [6.07, 6.45) is 4.82. The quantitative estimate of drug-likeness (QED) is 0.883. The maximum atomic E-state index is 13.5. The first-order chi connectivity index (χ1) is 13.1. The molecule has 0 radical (unpaired) electrons. The average Bonchev–Trinajstić information content (AvgIpc) is 3.40. The number of hydrogen-bond donors (Lipinski definition) is 1. The van der Waals surface area contributed by atoms with Crippen LogP contribution in [0.2, 0.25) is 0 Å². The van der Waals surface area contributed by atoms with E-state index in [9.17, 15) is 4.79 Å². The number of carbonyl (C=O) groups excluding carboxylic acids is 1. The number of hydrogen-bond acceptors (Lipinski definition) is 2. The van der Waals surface area contributed by atoms with Crippen LogP contribution in [0.1, 0.15) is 38.2 Å². The molecule has 27 heavy (non-hydrogen) atoms. The predicted octanol–water partition coefficient (Wildman–Crippen LogP) is 4.26. The van der Waals surface area contributed by atoms with Gasteiger partial charge in [-0.2, -0.15) is 0 Å². The molecule has 142 valence electrons. The van der Waals surface area contributed by atoms with Crippen molar-refractivity contribution in [1.29, 1.82) is 0 Å². The molecule has 3 heteroatoms. The monoisotopic (exact) mass is 362 g/mol. The summed E-state index contributed by atoms with van der Waals surface area (Å²) in [7, 11) is 0. The molecule has 0 aromatic heterocycles. The van der Waals surface area contributed by atoms with Crippen molar-refractivity contribution in [3.63, 3.8) is 0 Å².